The fraction of sp³-hybridized carbons (Fsp3) is 0.222. The van der Waals surface area contributed by atoms with Gasteiger partial charge in [-0.2, -0.15) is 0 Å². The number of benzene rings is 1. The molecule has 2 N–H and O–H groups in total. The fourth-order valence-electron chi connectivity index (χ4n) is 0.891. The lowest BCUT2D eigenvalue weighted by atomic mass is 10.1. The van der Waals surface area contributed by atoms with E-state index in [0.29, 0.717) is 5.56 Å². The molecule has 0 spiro atoms. The first-order valence-electron chi connectivity index (χ1n) is 3.54. The topological polar surface area (TPSA) is 57.5 Å². The third kappa shape index (κ3) is 2.15. The van der Waals surface area contributed by atoms with E-state index >= 15 is 0 Å². The van der Waals surface area contributed by atoms with Crippen LogP contribution in [0, 0.1) is 0 Å². The van der Waals surface area contributed by atoms with Crippen molar-refractivity contribution in [1.82, 2.24) is 0 Å². The predicted octanol–water partition coefficient (Wildman–Crippen LogP) is 0.322. The van der Waals surface area contributed by atoms with E-state index in [-0.39, 0.29) is 6.42 Å². The Bertz CT molecular complexity index is 251. The highest BCUT2D eigenvalue weighted by atomic mass is 16.5. The summed E-state index contributed by atoms with van der Waals surface area (Å²) in [6.07, 6.45) is 0.550. The Hall–Kier alpha value is -1.19. The lowest BCUT2D eigenvalue weighted by Crippen LogP contribution is -1.95. The van der Waals surface area contributed by atoms with E-state index in [1.807, 2.05) is 0 Å². The minimum absolute atomic E-state index is 0.238. The maximum absolute atomic E-state index is 9.97. The zero-order valence-electron chi connectivity index (χ0n) is 6.40. The molecule has 3 nitrogen and oxygen atoms in total. The second-order valence-electron chi connectivity index (χ2n) is 2.44. The molecule has 0 fully saturated rings. The van der Waals surface area contributed by atoms with Crippen LogP contribution in [0.5, 0.6) is 0 Å². The molecule has 0 unspecified atom stereocenters. The third-order valence-corrected chi connectivity index (χ3v) is 1.55. The van der Waals surface area contributed by atoms with E-state index in [4.69, 9.17) is 10.2 Å². The highest BCUT2D eigenvalue weighted by molar-refractivity contribution is 5.55. The molecule has 0 amide bonds. The summed E-state index contributed by atoms with van der Waals surface area (Å²) in [5.41, 5.74) is 1.24. The van der Waals surface area contributed by atoms with Crippen LogP contribution in [0.3, 0.4) is 0 Å². The number of hydrogen-bond acceptors (Lipinski definition) is 3. The van der Waals surface area contributed by atoms with Gasteiger partial charge in [0.15, 0.2) is 6.29 Å². The van der Waals surface area contributed by atoms with Crippen molar-refractivity contribution in [2.24, 2.45) is 0 Å². The van der Waals surface area contributed by atoms with E-state index in [9.17, 15) is 4.79 Å². The number of carbonyl (C=O) groups excluding carboxylic acids is 1. The molecule has 1 aromatic rings. The molecule has 0 saturated carbocycles. The van der Waals surface area contributed by atoms with Crippen LogP contribution >= 0.6 is 0 Å². The first-order chi connectivity index (χ1) is 5.74. The van der Waals surface area contributed by atoms with Gasteiger partial charge in [0.05, 0.1) is 0 Å². The van der Waals surface area contributed by atoms with Gasteiger partial charge in [-0.05, 0) is 5.56 Å². The first-order valence-corrected chi connectivity index (χ1v) is 3.54. The SMILES string of the molecule is O=[C]Cc1ccc(C(O)O)cc1. The van der Waals surface area contributed by atoms with Crippen molar-refractivity contribution in [2.45, 2.75) is 12.7 Å². The van der Waals surface area contributed by atoms with Crippen molar-refractivity contribution in [3.05, 3.63) is 35.4 Å². The summed E-state index contributed by atoms with van der Waals surface area (Å²) in [4.78, 5) is 9.97. The first kappa shape index (κ1) is 8.90. The van der Waals surface area contributed by atoms with E-state index in [1.54, 1.807) is 30.6 Å². The Labute approximate surface area is 70.3 Å². The van der Waals surface area contributed by atoms with E-state index in [2.05, 4.69) is 0 Å². The zero-order valence-corrected chi connectivity index (χ0v) is 6.40. The van der Waals surface area contributed by atoms with Crippen LogP contribution in [-0.4, -0.2) is 16.5 Å². The van der Waals surface area contributed by atoms with Gasteiger partial charge in [0.25, 0.3) is 0 Å². The van der Waals surface area contributed by atoms with Crippen LogP contribution in [0.15, 0.2) is 24.3 Å². The minimum Gasteiger partial charge on any atom is -0.364 e. The van der Waals surface area contributed by atoms with Crippen molar-refractivity contribution >= 4 is 6.29 Å². The molecule has 0 aliphatic carbocycles. The second-order valence-corrected chi connectivity index (χ2v) is 2.44. The van der Waals surface area contributed by atoms with Gasteiger partial charge in [0, 0.05) is 12.0 Å². The maximum atomic E-state index is 9.97. The van der Waals surface area contributed by atoms with Crippen molar-refractivity contribution < 1.29 is 15.0 Å². The van der Waals surface area contributed by atoms with E-state index in [1.165, 1.54) is 0 Å². The van der Waals surface area contributed by atoms with Crippen molar-refractivity contribution in [3.63, 3.8) is 0 Å². The largest absolute Gasteiger partial charge is 0.364 e. The Morgan fingerprint density at radius 2 is 1.83 bits per heavy atom. The van der Waals surface area contributed by atoms with Crippen LogP contribution in [0.1, 0.15) is 17.4 Å². The molecule has 0 aromatic heterocycles. The summed E-state index contributed by atoms with van der Waals surface area (Å²) in [7, 11) is 0. The quantitative estimate of drug-likeness (QED) is 0.634. The molecule has 3 heteroatoms. The van der Waals surface area contributed by atoms with Gasteiger partial charge in [0.2, 0.25) is 6.29 Å². The molecule has 0 saturated heterocycles. The van der Waals surface area contributed by atoms with Crippen molar-refractivity contribution in [3.8, 4) is 0 Å². The Kier molecular flexibility index (Phi) is 2.96. The fourth-order valence-corrected chi connectivity index (χ4v) is 0.891. The molecular formula is C9H9O3. The van der Waals surface area contributed by atoms with Gasteiger partial charge in [-0.3, -0.25) is 4.79 Å². The van der Waals surface area contributed by atoms with Crippen molar-refractivity contribution in [2.75, 3.05) is 0 Å². The summed E-state index contributed by atoms with van der Waals surface area (Å²) in [5, 5.41) is 17.4. The predicted molar refractivity (Wildman–Crippen MR) is 43.0 cm³/mol. The summed E-state index contributed by atoms with van der Waals surface area (Å²) in [5.74, 6) is 0. The third-order valence-electron chi connectivity index (χ3n) is 1.55. The van der Waals surface area contributed by atoms with Gasteiger partial charge >= 0.3 is 0 Å². The average Bonchev–Trinajstić information content (AvgIpc) is 2.06. The number of hydrogen-bond donors (Lipinski definition) is 2. The number of aliphatic hydroxyl groups excluding tert-OH is 1. The molecule has 1 aromatic carbocycles. The molecule has 1 rings (SSSR count). The van der Waals surface area contributed by atoms with Crippen LogP contribution in [0.25, 0.3) is 0 Å². The Morgan fingerprint density at radius 3 is 2.25 bits per heavy atom. The molecule has 0 bridgehead atoms. The average molecular weight is 165 g/mol. The minimum atomic E-state index is -1.45. The zero-order chi connectivity index (χ0) is 8.97. The monoisotopic (exact) mass is 165 g/mol. The normalized spacial score (nSPS) is 10.2. The number of aliphatic hydroxyl groups is 2. The van der Waals surface area contributed by atoms with Gasteiger partial charge < -0.3 is 10.2 Å². The van der Waals surface area contributed by atoms with Gasteiger partial charge in [0.1, 0.15) is 0 Å². The smallest absolute Gasteiger partial charge is 0.203 e. The summed E-state index contributed by atoms with van der Waals surface area (Å²) in [6.45, 7) is 0. The molecule has 0 aliphatic heterocycles. The number of rotatable bonds is 3. The summed E-state index contributed by atoms with van der Waals surface area (Å²) < 4.78 is 0. The Balaban J connectivity index is 2.78. The van der Waals surface area contributed by atoms with Crippen LogP contribution in [-0.2, 0) is 11.2 Å². The molecule has 63 valence electrons. The summed E-state index contributed by atoms with van der Waals surface area (Å²) >= 11 is 0. The second kappa shape index (κ2) is 3.99. The molecule has 0 heterocycles. The van der Waals surface area contributed by atoms with Crippen LogP contribution in [0.2, 0.25) is 0 Å². The lowest BCUT2D eigenvalue weighted by Gasteiger charge is -2.03. The van der Waals surface area contributed by atoms with Gasteiger partial charge in [-0.15, -0.1) is 0 Å². The molecule has 0 aliphatic rings. The molecule has 12 heavy (non-hydrogen) atoms. The van der Waals surface area contributed by atoms with Gasteiger partial charge in [-0.25, -0.2) is 0 Å². The maximum Gasteiger partial charge on any atom is 0.203 e. The highest BCUT2D eigenvalue weighted by Crippen LogP contribution is 2.10. The lowest BCUT2D eigenvalue weighted by molar-refractivity contribution is -0.0424. The van der Waals surface area contributed by atoms with E-state index in [0.717, 1.165) is 5.56 Å². The van der Waals surface area contributed by atoms with Crippen molar-refractivity contribution in [1.29, 1.82) is 0 Å². The Morgan fingerprint density at radius 1 is 1.25 bits per heavy atom. The highest BCUT2D eigenvalue weighted by Gasteiger charge is 2.00. The molecule has 0 atom stereocenters. The van der Waals surface area contributed by atoms with Gasteiger partial charge in [-0.1, -0.05) is 24.3 Å². The molecular weight excluding hydrogens is 156 g/mol. The van der Waals surface area contributed by atoms with Crippen LogP contribution in [0.4, 0.5) is 0 Å². The van der Waals surface area contributed by atoms with E-state index < -0.39 is 6.29 Å². The van der Waals surface area contributed by atoms with Crippen LogP contribution < -0.4 is 0 Å². The summed E-state index contributed by atoms with van der Waals surface area (Å²) in [6, 6.07) is 6.47. The standard InChI is InChI=1S/C9H9O3/c10-6-5-7-1-3-8(4-2-7)9(11)12/h1-4,9,11-12H,5H2. The molecule has 1 radical (unpaired) electrons.